The Kier molecular flexibility index (Phi) is 8.76. The minimum absolute atomic E-state index is 0.0479. The summed E-state index contributed by atoms with van der Waals surface area (Å²) >= 11 is 7.08. The number of aromatic hydroxyl groups is 1. The SMILES string of the molecule is CC(C)N(CCO)CC(O)CSc1c(-c2cc(Cl)ccc2O)c2cc(C(F)(F)F)ccc2[nH]c1=O. The summed E-state index contributed by atoms with van der Waals surface area (Å²) in [5.41, 5.74) is -1.11. The van der Waals surface area contributed by atoms with Crippen molar-refractivity contribution in [2.75, 3.05) is 25.4 Å². The topological polar surface area (TPSA) is 96.8 Å². The molecule has 1 atom stereocenters. The number of nitrogens with zero attached hydrogens (tertiary/aromatic N) is 1. The molecule has 0 fully saturated rings. The second kappa shape index (κ2) is 11.2. The van der Waals surface area contributed by atoms with E-state index in [1.54, 1.807) is 0 Å². The molecule has 11 heteroatoms. The molecular weight excluding hydrogens is 505 g/mol. The minimum atomic E-state index is -4.62. The van der Waals surface area contributed by atoms with Gasteiger partial charge in [-0.3, -0.25) is 9.69 Å². The van der Waals surface area contributed by atoms with Crippen LogP contribution in [0.5, 0.6) is 5.75 Å². The predicted molar refractivity (Wildman–Crippen MR) is 132 cm³/mol. The van der Waals surface area contributed by atoms with E-state index in [-0.39, 0.29) is 62.6 Å². The van der Waals surface area contributed by atoms with Crippen molar-refractivity contribution in [1.82, 2.24) is 9.88 Å². The zero-order chi connectivity index (χ0) is 25.9. The number of aliphatic hydroxyl groups is 2. The molecule has 2 aromatic carbocycles. The number of benzene rings is 2. The molecule has 1 unspecified atom stereocenters. The summed E-state index contributed by atoms with van der Waals surface area (Å²) in [5, 5.41) is 30.7. The van der Waals surface area contributed by atoms with Gasteiger partial charge in [-0.2, -0.15) is 13.2 Å². The molecule has 6 nitrogen and oxygen atoms in total. The van der Waals surface area contributed by atoms with Crippen molar-refractivity contribution in [1.29, 1.82) is 0 Å². The van der Waals surface area contributed by atoms with Gasteiger partial charge in [-0.15, -0.1) is 11.8 Å². The van der Waals surface area contributed by atoms with Gasteiger partial charge in [0.25, 0.3) is 5.56 Å². The number of aromatic nitrogens is 1. The van der Waals surface area contributed by atoms with Crippen LogP contribution in [-0.2, 0) is 6.18 Å². The average Bonchev–Trinajstić information content (AvgIpc) is 2.77. The average molecular weight is 531 g/mol. The Morgan fingerprint density at radius 3 is 2.51 bits per heavy atom. The van der Waals surface area contributed by atoms with Crippen molar-refractivity contribution in [2.24, 2.45) is 0 Å². The molecule has 3 aromatic rings. The van der Waals surface area contributed by atoms with Crippen molar-refractivity contribution in [2.45, 2.75) is 37.1 Å². The fraction of sp³-hybridized carbons (Fsp3) is 0.375. The van der Waals surface area contributed by atoms with E-state index in [2.05, 4.69) is 4.98 Å². The first-order valence-corrected chi connectivity index (χ1v) is 12.2. The Labute approximate surface area is 209 Å². The highest BCUT2D eigenvalue weighted by atomic mass is 35.5. The van der Waals surface area contributed by atoms with E-state index in [1.165, 1.54) is 24.3 Å². The number of thioether (sulfide) groups is 1. The molecule has 190 valence electrons. The van der Waals surface area contributed by atoms with Crippen molar-refractivity contribution < 1.29 is 28.5 Å². The largest absolute Gasteiger partial charge is 0.507 e. The highest BCUT2D eigenvalue weighted by molar-refractivity contribution is 7.99. The van der Waals surface area contributed by atoms with E-state index in [1.807, 2.05) is 18.7 Å². The molecule has 4 N–H and O–H groups in total. The van der Waals surface area contributed by atoms with E-state index in [0.29, 0.717) is 6.54 Å². The Morgan fingerprint density at radius 2 is 1.89 bits per heavy atom. The Morgan fingerprint density at radius 1 is 1.17 bits per heavy atom. The van der Waals surface area contributed by atoms with Gasteiger partial charge in [0, 0.05) is 51.9 Å². The summed E-state index contributed by atoms with van der Waals surface area (Å²) in [6, 6.07) is 7.13. The number of fused-ring (bicyclic) bond motifs is 1. The number of phenolic OH excluding ortho intramolecular Hbond substituents is 1. The van der Waals surface area contributed by atoms with Crippen molar-refractivity contribution >= 4 is 34.3 Å². The van der Waals surface area contributed by atoms with Crippen LogP contribution in [-0.4, -0.2) is 62.8 Å². The van der Waals surface area contributed by atoms with Gasteiger partial charge < -0.3 is 20.3 Å². The van der Waals surface area contributed by atoms with E-state index in [9.17, 15) is 33.3 Å². The Hall–Kier alpha value is -2.24. The van der Waals surface area contributed by atoms with Crippen LogP contribution in [0.4, 0.5) is 13.2 Å². The normalized spacial score (nSPS) is 13.2. The molecule has 1 heterocycles. The van der Waals surface area contributed by atoms with Gasteiger partial charge in [0.2, 0.25) is 0 Å². The molecule has 0 aliphatic heterocycles. The summed E-state index contributed by atoms with van der Waals surface area (Å²) in [5.74, 6) is -0.202. The molecule has 0 amide bonds. The molecule has 35 heavy (non-hydrogen) atoms. The molecule has 0 bridgehead atoms. The number of rotatable bonds is 9. The fourth-order valence-corrected chi connectivity index (χ4v) is 4.94. The quantitative estimate of drug-likeness (QED) is 0.299. The van der Waals surface area contributed by atoms with Crippen LogP contribution in [0.2, 0.25) is 5.02 Å². The van der Waals surface area contributed by atoms with Gasteiger partial charge >= 0.3 is 6.18 Å². The number of hydrogen-bond donors (Lipinski definition) is 4. The molecular formula is C24H26ClF3N2O4S. The smallest absolute Gasteiger partial charge is 0.416 e. The van der Waals surface area contributed by atoms with Gasteiger partial charge in [0.05, 0.1) is 23.2 Å². The standard InChI is InChI=1S/C24H26ClF3N2O4S/c1-13(2)30(7-8-31)11-16(32)12-35-22-21(18-10-15(25)4-6-20(18)33)17-9-14(24(26,27)28)3-5-19(17)29-23(22)34/h3-6,9-10,13,16,31-33H,7-8,11-12H2,1-2H3,(H,29,34). The van der Waals surface area contributed by atoms with Gasteiger partial charge in [-0.05, 0) is 50.2 Å². The number of nitrogens with one attached hydrogen (secondary N) is 1. The third-order valence-electron chi connectivity index (χ3n) is 5.51. The summed E-state index contributed by atoms with van der Waals surface area (Å²) in [7, 11) is 0. The number of pyridine rings is 1. The third kappa shape index (κ3) is 6.50. The summed E-state index contributed by atoms with van der Waals surface area (Å²) in [4.78, 5) is 17.5. The Balaban J connectivity index is 2.12. The maximum absolute atomic E-state index is 13.5. The molecule has 3 rings (SSSR count). The Bertz CT molecular complexity index is 1250. The maximum atomic E-state index is 13.5. The molecule has 0 aliphatic rings. The number of halogens is 4. The summed E-state index contributed by atoms with van der Waals surface area (Å²) < 4.78 is 40.4. The summed E-state index contributed by atoms with van der Waals surface area (Å²) in [6.45, 7) is 4.34. The molecule has 0 saturated carbocycles. The van der Waals surface area contributed by atoms with Crippen LogP contribution in [0, 0.1) is 0 Å². The highest BCUT2D eigenvalue weighted by Crippen LogP contribution is 2.42. The third-order valence-corrected chi connectivity index (χ3v) is 6.97. The number of H-pyrrole nitrogens is 1. The zero-order valence-corrected chi connectivity index (χ0v) is 20.6. The maximum Gasteiger partial charge on any atom is 0.416 e. The summed E-state index contributed by atoms with van der Waals surface area (Å²) in [6.07, 6.45) is -5.51. The number of alkyl halides is 3. The van der Waals surface area contributed by atoms with Crippen LogP contribution in [0.25, 0.3) is 22.0 Å². The number of phenols is 1. The molecule has 0 aliphatic carbocycles. The van der Waals surface area contributed by atoms with Gasteiger partial charge in [0.1, 0.15) is 5.75 Å². The van der Waals surface area contributed by atoms with E-state index in [4.69, 9.17) is 11.6 Å². The molecule has 0 spiro atoms. The lowest BCUT2D eigenvalue weighted by Gasteiger charge is -2.28. The monoisotopic (exact) mass is 530 g/mol. The van der Waals surface area contributed by atoms with Crippen LogP contribution in [0.15, 0.2) is 46.1 Å². The van der Waals surface area contributed by atoms with Gasteiger partial charge in [-0.1, -0.05) is 11.6 Å². The van der Waals surface area contributed by atoms with Crippen molar-refractivity contribution in [3.05, 3.63) is 57.3 Å². The zero-order valence-electron chi connectivity index (χ0n) is 19.1. The molecule has 0 radical (unpaired) electrons. The first-order chi connectivity index (χ1) is 16.4. The first kappa shape index (κ1) is 27.3. The van der Waals surface area contributed by atoms with Gasteiger partial charge in [0.15, 0.2) is 0 Å². The number of aliphatic hydroxyl groups excluding tert-OH is 2. The lowest BCUT2D eigenvalue weighted by Crippen LogP contribution is -2.40. The molecule has 1 aromatic heterocycles. The lowest BCUT2D eigenvalue weighted by molar-refractivity contribution is -0.137. The van der Waals surface area contributed by atoms with Crippen molar-refractivity contribution in [3.8, 4) is 16.9 Å². The van der Waals surface area contributed by atoms with Gasteiger partial charge in [-0.25, -0.2) is 0 Å². The van der Waals surface area contributed by atoms with E-state index in [0.717, 1.165) is 23.9 Å². The van der Waals surface area contributed by atoms with Crippen LogP contribution in [0.3, 0.4) is 0 Å². The van der Waals surface area contributed by atoms with E-state index >= 15 is 0 Å². The second-order valence-corrected chi connectivity index (χ2v) is 9.82. The van der Waals surface area contributed by atoms with Crippen LogP contribution < -0.4 is 5.56 Å². The predicted octanol–water partition coefficient (Wildman–Crippen LogP) is 4.73. The van der Waals surface area contributed by atoms with Crippen LogP contribution in [0.1, 0.15) is 19.4 Å². The first-order valence-electron chi connectivity index (χ1n) is 10.8. The van der Waals surface area contributed by atoms with Crippen molar-refractivity contribution in [3.63, 3.8) is 0 Å². The fourth-order valence-electron chi connectivity index (χ4n) is 3.76. The number of hydrogen-bond acceptors (Lipinski definition) is 6. The minimum Gasteiger partial charge on any atom is -0.507 e. The number of aromatic amines is 1. The molecule has 0 saturated heterocycles. The highest BCUT2D eigenvalue weighted by Gasteiger charge is 2.31. The lowest BCUT2D eigenvalue weighted by atomic mass is 9.98. The van der Waals surface area contributed by atoms with E-state index < -0.39 is 23.4 Å². The van der Waals surface area contributed by atoms with Crippen LogP contribution >= 0.6 is 23.4 Å². The second-order valence-electron chi connectivity index (χ2n) is 8.35.